The van der Waals surface area contributed by atoms with Gasteiger partial charge in [-0.15, -0.1) is 6.58 Å². The maximum atomic E-state index is 6.04. The lowest BCUT2D eigenvalue weighted by atomic mass is 10.0. The lowest BCUT2D eigenvalue weighted by Gasteiger charge is -2.14. The zero-order valence-electron chi connectivity index (χ0n) is 8.36. The average Bonchev–Trinajstić information content (AvgIpc) is 2.09. The maximum absolute atomic E-state index is 6.04. The van der Waals surface area contributed by atoms with Crippen LogP contribution in [-0.4, -0.2) is 0 Å². The first-order valence-electron chi connectivity index (χ1n) is 4.46. The number of nitrogens with two attached hydrogens (primary N) is 1. The van der Waals surface area contributed by atoms with Gasteiger partial charge in [-0.25, -0.2) is 0 Å². The molecule has 0 aliphatic heterocycles. The lowest BCUT2D eigenvalue weighted by molar-refractivity contribution is 0.717. The van der Waals surface area contributed by atoms with E-state index in [1.54, 1.807) is 12.1 Å². The molecule has 0 radical (unpaired) electrons. The van der Waals surface area contributed by atoms with E-state index in [1.165, 1.54) is 0 Å². The third-order valence-corrected chi connectivity index (χ3v) is 3.02. The predicted octanol–water partition coefficient (Wildman–Crippen LogP) is 4.61. The van der Waals surface area contributed by atoms with Gasteiger partial charge in [0.05, 0.1) is 10.0 Å². The fourth-order valence-electron chi connectivity index (χ4n) is 1.33. The van der Waals surface area contributed by atoms with Crippen molar-refractivity contribution in [3.63, 3.8) is 0 Å². The van der Waals surface area contributed by atoms with E-state index >= 15 is 0 Å². The van der Waals surface area contributed by atoms with Crippen LogP contribution in [0.1, 0.15) is 24.9 Å². The van der Waals surface area contributed by atoms with Crippen molar-refractivity contribution in [2.24, 2.45) is 5.73 Å². The van der Waals surface area contributed by atoms with Crippen molar-refractivity contribution in [2.45, 2.75) is 19.4 Å². The smallest absolute Gasteiger partial charge is 0.0641 e. The molecular weight excluding hydrogens is 252 g/mol. The van der Waals surface area contributed by atoms with E-state index in [-0.39, 0.29) is 6.04 Å². The van der Waals surface area contributed by atoms with Gasteiger partial charge in [0.15, 0.2) is 0 Å². The molecule has 0 saturated carbocycles. The number of hydrogen-bond acceptors (Lipinski definition) is 1. The van der Waals surface area contributed by atoms with Crippen LogP contribution >= 0.6 is 34.8 Å². The summed E-state index contributed by atoms with van der Waals surface area (Å²) in [5.41, 5.74) is 7.73. The van der Waals surface area contributed by atoms with Gasteiger partial charge >= 0.3 is 0 Å². The van der Waals surface area contributed by atoms with Gasteiger partial charge in [-0.3, -0.25) is 0 Å². The standard InChI is InChI=1S/C11H12Cl3N/c1-6(2)3-10(15)8-4-7(12)5-9(13)11(8)14/h4-5,10H,1,3,15H2,2H3/t10-/m1/s1. The number of rotatable bonds is 3. The fourth-order valence-corrected chi connectivity index (χ4v) is 2.09. The van der Waals surface area contributed by atoms with Crippen LogP contribution in [0.25, 0.3) is 0 Å². The molecule has 0 unspecified atom stereocenters. The van der Waals surface area contributed by atoms with Crippen LogP contribution < -0.4 is 5.73 Å². The number of benzene rings is 1. The van der Waals surface area contributed by atoms with Crippen molar-refractivity contribution in [1.29, 1.82) is 0 Å². The van der Waals surface area contributed by atoms with Crippen LogP contribution in [0, 0.1) is 0 Å². The van der Waals surface area contributed by atoms with Gasteiger partial charge in [0.2, 0.25) is 0 Å². The van der Waals surface area contributed by atoms with Crippen LogP contribution in [0.2, 0.25) is 15.1 Å². The van der Waals surface area contributed by atoms with Crippen molar-refractivity contribution in [1.82, 2.24) is 0 Å². The molecule has 0 spiro atoms. The first-order valence-corrected chi connectivity index (χ1v) is 5.59. The Bertz CT molecular complexity index is 388. The van der Waals surface area contributed by atoms with Crippen molar-refractivity contribution in [2.75, 3.05) is 0 Å². The van der Waals surface area contributed by atoms with Crippen molar-refractivity contribution >= 4 is 34.8 Å². The summed E-state index contributed by atoms with van der Waals surface area (Å²) in [6, 6.07) is 3.12. The number of halogens is 3. The summed E-state index contributed by atoms with van der Waals surface area (Å²) in [6.45, 7) is 5.72. The van der Waals surface area contributed by atoms with Crippen LogP contribution in [0.15, 0.2) is 24.3 Å². The Balaban J connectivity index is 3.07. The highest BCUT2D eigenvalue weighted by atomic mass is 35.5. The van der Waals surface area contributed by atoms with Crippen LogP contribution in [0.4, 0.5) is 0 Å². The minimum atomic E-state index is -0.216. The summed E-state index contributed by atoms with van der Waals surface area (Å²) in [4.78, 5) is 0. The molecule has 0 aromatic heterocycles. The Morgan fingerprint density at radius 3 is 2.53 bits per heavy atom. The Labute approximate surface area is 105 Å². The number of hydrogen-bond donors (Lipinski definition) is 1. The van der Waals surface area contributed by atoms with E-state index in [1.807, 2.05) is 6.92 Å². The summed E-state index contributed by atoms with van der Waals surface area (Å²) in [5.74, 6) is 0. The molecule has 1 aromatic carbocycles. The molecule has 0 fully saturated rings. The van der Waals surface area contributed by atoms with Gasteiger partial charge in [-0.05, 0) is 31.0 Å². The summed E-state index contributed by atoms with van der Waals surface area (Å²) in [6.07, 6.45) is 0.663. The Morgan fingerprint density at radius 2 is 2.00 bits per heavy atom. The first-order chi connectivity index (χ1) is 6.91. The Kier molecular flexibility index (Phi) is 4.47. The SMILES string of the molecule is C=C(C)C[C@@H](N)c1cc(Cl)cc(Cl)c1Cl. The molecule has 0 saturated heterocycles. The molecule has 0 aliphatic carbocycles. The Morgan fingerprint density at radius 1 is 1.40 bits per heavy atom. The molecule has 1 atom stereocenters. The molecule has 0 aliphatic rings. The largest absolute Gasteiger partial charge is 0.324 e. The summed E-state index contributed by atoms with van der Waals surface area (Å²) < 4.78 is 0. The molecule has 1 rings (SSSR count). The first kappa shape index (κ1) is 12.9. The van der Waals surface area contributed by atoms with E-state index in [0.29, 0.717) is 21.5 Å². The molecular formula is C11H12Cl3N. The minimum Gasteiger partial charge on any atom is -0.324 e. The molecule has 0 amide bonds. The topological polar surface area (TPSA) is 26.0 Å². The van der Waals surface area contributed by atoms with E-state index in [9.17, 15) is 0 Å². The normalized spacial score (nSPS) is 12.6. The highest BCUT2D eigenvalue weighted by Crippen LogP contribution is 2.34. The summed E-state index contributed by atoms with van der Waals surface area (Å²) >= 11 is 17.8. The second-order valence-corrected chi connectivity index (χ2v) is 4.78. The highest BCUT2D eigenvalue weighted by molar-refractivity contribution is 6.43. The maximum Gasteiger partial charge on any atom is 0.0641 e. The molecule has 0 heterocycles. The monoisotopic (exact) mass is 263 g/mol. The zero-order valence-corrected chi connectivity index (χ0v) is 10.6. The summed E-state index contributed by atoms with van der Waals surface area (Å²) in [5, 5.41) is 1.43. The van der Waals surface area contributed by atoms with Crippen LogP contribution in [0.5, 0.6) is 0 Å². The third-order valence-electron chi connectivity index (χ3n) is 1.99. The van der Waals surface area contributed by atoms with Gasteiger partial charge in [-0.2, -0.15) is 0 Å². The zero-order chi connectivity index (χ0) is 11.6. The predicted molar refractivity (Wildman–Crippen MR) is 67.8 cm³/mol. The van der Waals surface area contributed by atoms with Crippen LogP contribution in [-0.2, 0) is 0 Å². The quantitative estimate of drug-likeness (QED) is 0.626. The lowest BCUT2D eigenvalue weighted by Crippen LogP contribution is -2.11. The molecule has 82 valence electrons. The Hall–Kier alpha value is -0.210. The molecule has 1 aromatic rings. The van der Waals surface area contributed by atoms with Crippen LogP contribution in [0.3, 0.4) is 0 Å². The van der Waals surface area contributed by atoms with E-state index in [0.717, 1.165) is 11.1 Å². The minimum absolute atomic E-state index is 0.216. The molecule has 0 bridgehead atoms. The fraction of sp³-hybridized carbons (Fsp3) is 0.273. The molecule has 15 heavy (non-hydrogen) atoms. The average molecular weight is 265 g/mol. The molecule has 1 nitrogen and oxygen atoms in total. The second-order valence-electron chi connectivity index (χ2n) is 3.56. The summed E-state index contributed by atoms with van der Waals surface area (Å²) in [7, 11) is 0. The van der Waals surface area contributed by atoms with Gasteiger partial charge in [0.1, 0.15) is 0 Å². The van der Waals surface area contributed by atoms with E-state index in [2.05, 4.69) is 6.58 Å². The third kappa shape index (κ3) is 3.39. The van der Waals surface area contributed by atoms with Gasteiger partial charge < -0.3 is 5.73 Å². The molecule has 4 heteroatoms. The van der Waals surface area contributed by atoms with Gasteiger partial charge in [0, 0.05) is 11.1 Å². The van der Waals surface area contributed by atoms with Gasteiger partial charge in [-0.1, -0.05) is 40.4 Å². The molecule has 2 N–H and O–H groups in total. The van der Waals surface area contributed by atoms with Gasteiger partial charge in [0.25, 0.3) is 0 Å². The highest BCUT2D eigenvalue weighted by Gasteiger charge is 2.13. The van der Waals surface area contributed by atoms with E-state index in [4.69, 9.17) is 40.5 Å². The second kappa shape index (κ2) is 5.22. The van der Waals surface area contributed by atoms with Crippen molar-refractivity contribution in [3.05, 3.63) is 44.9 Å². The van der Waals surface area contributed by atoms with Crippen molar-refractivity contribution < 1.29 is 0 Å². The van der Waals surface area contributed by atoms with E-state index < -0.39 is 0 Å². The van der Waals surface area contributed by atoms with Crippen molar-refractivity contribution in [3.8, 4) is 0 Å².